The van der Waals surface area contributed by atoms with Crippen LogP contribution in [0, 0.1) is 0 Å². The molecule has 0 radical (unpaired) electrons. The highest BCUT2D eigenvalue weighted by molar-refractivity contribution is 6.67. The molecule has 0 atom stereocenters. The largest absolute Gasteiger partial charge is 1.00 e. The van der Waals surface area contributed by atoms with Crippen molar-refractivity contribution in [3.63, 3.8) is 0 Å². The first kappa shape index (κ1) is 50.6. The Morgan fingerprint density at radius 3 is 1.10 bits per heavy atom. The fourth-order valence-electron chi connectivity index (χ4n) is 11.7. The molecule has 6 aromatic carbocycles. The molecule has 386 valence electrons. The summed E-state index contributed by atoms with van der Waals surface area (Å²) in [5, 5.41) is 3.25. The molecule has 0 saturated carbocycles. The first-order valence-corrected chi connectivity index (χ1v) is 27.2. The van der Waals surface area contributed by atoms with E-state index in [9.17, 15) is 9.59 Å². The van der Waals surface area contributed by atoms with Crippen molar-refractivity contribution in [1.29, 1.82) is 0 Å². The maximum Gasteiger partial charge on any atom is 0.738 e. The van der Waals surface area contributed by atoms with Crippen LogP contribution in [0.15, 0.2) is 176 Å². The zero-order valence-electron chi connectivity index (χ0n) is 42.8. The van der Waals surface area contributed by atoms with Crippen LogP contribution in [-0.2, 0) is 9.59 Å². The molecule has 0 aliphatic carbocycles. The average Bonchev–Trinajstić information content (AvgIpc) is 4.01. The van der Waals surface area contributed by atoms with Gasteiger partial charge in [0.05, 0.1) is 40.3 Å². The van der Waals surface area contributed by atoms with Crippen molar-refractivity contribution < 1.29 is 66.4 Å². The molecule has 6 aliphatic rings. The molecular weight excluding hydrogens is 1210 g/mol. The van der Waals surface area contributed by atoms with E-state index in [-0.39, 0.29) is 59.8 Å². The molecule has 6 aliphatic heterocycles. The normalized spacial score (nSPS) is 17.9. The van der Waals surface area contributed by atoms with Crippen LogP contribution in [0.2, 0.25) is 0 Å². The summed E-state index contributed by atoms with van der Waals surface area (Å²) in [6, 6.07) is 49.1. The molecule has 0 unspecified atom stereocenters. The van der Waals surface area contributed by atoms with Crippen LogP contribution in [0.1, 0.15) is 36.1 Å². The molecule has 8 aromatic rings. The molecule has 77 heavy (non-hydrogen) atoms. The van der Waals surface area contributed by atoms with Gasteiger partial charge < -0.3 is 66.6 Å². The van der Waals surface area contributed by atoms with Crippen LogP contribution in [0.5, 0.6) is 11.5 Å². The Bertz CT molecular complexity index is 3790. The molecule has 2 aromatic heterocycles. The summed E-state index contributed by atoms with van der Waals surface area (Å²) in [6.45, 7) is 9.06. The fraction of sp³-hybridized carbons (Fsp3) is 0.207. The number of aliphatic imine (C=N–C) groups is 4. The van der Waals surface area contributed by atoms with Crippen molar-refractivity contribution in [3.8, 4) is 11.5 Å². The molecule has 19 heteroatoms. The standard InChI is InChI=1S/C58H52N12O4Si.2HI/c1-37(71)65-29-33-69(3,34-30-65)39-21-25-41(26-22-39)73-75(74-42-27-23-40(24-28-42)70(4)35-31-66(32-36-70)38(2)72)67-55-47-17-9-10-18-48(47)57(67)63-53-45-15-7-8-16-46(45)54(60-53)64-58-50-20-12-11-19-49(50)56(68(58)75)62-52-44-14-6-5-13-43(44)51(59-52)61-55;;/h5-28H,29-36H2,1-4H3;2*1H/q+2;;/p-2. The zero-order valence-corrected chi connectivity index (χ0v) is 48.1. The fourth-order valence-corrected chi connectivity index (χ4v) is 14.9. The SMILES string of the molecule is CC(=O)N1CC[N+](C)(c2ccc(O[Si]3(Oc4ccc([N+]5(C)CCN(C(C)=O)CC5)cc4)n4c5c6ccccc6c4N=C4N=C(N=c6c7ccccc7c(n63)=NC3=NC(=N5)c5ccccc53)c3ccccc34)cc2)CC1.[I-].[I-]. The van der Waals surface area contributed by atoms with Gasteiger partial charge in [-0.1, -0.05) is 97.1 Å². The maximum atomic E-state index is 12.4. The lowest BCUT2D eigenvalue weighted by Gasteiger charge is -2.41. The van der Waals surface area contributed by atoms with E-state index in [0.717, 1.165) is 81.4 Å². The van der Waals surface area contributed by atoms with E-state index in [1.165, 1.54) is 0 Å². The van der Waals surface area contributed by atoms with Crippen molar-refractivity contribution in [3.05, 3.63) is 179 Å². The number of carbonyl (C=O) groups excluding carboxylic acids is 2. The minimum Gasteiger partial charge on any atom is -1.00 e. The van der Waals surface area contributed by atoms with Gasteiger partial charge in [0.15, 0.2) is 23.3 Å². The Balaban J connectivity index is 0.00000298. The van der Waals surface area contributed by atoms with Crippen molar-refractivity contribution in [2.24, 2.45) is 30.0 Å². The molecule has 16 nitrogen and oxygen atoms in total. The first-order chi connectivity index (χ1) is 36.5. The van der Waals surface area contributed by atoms with Crippen LogP contribution >= 0.6 is 0 Å². The van der Waals surface area contributed by atoms with Crippen molar-refractivity contribution >= 4 is 88.6 Å². The number of halogens is 2. The van der Waals surface area contributed by atoms with Gasteiger partial charge in [0.1, 0.15) is 71.7 Å². The summed E-state index contributed by atoms with van der Waals surface area (Å²) in [7, 11) is -0.217. The number of fused-ring (bicyclic) bond motifs is 14. The number of amides is 2. The van der Waals surface area contributed by atoms with Crippen molar-refractivity contribution in [2.45, 2.75) is 13.8 Å². The third kappa shape index (κ3) is 8.09. The maximum absolute atomic E-state index is 12.4. The molecule has 0 spiro atoms. The summed E-state index contributed by atoms with van der Waals surface area (Å²) in [5.41, 5.74) is 6.66. The van der Waals surface area contributed by atoms with Crippen LogP contribution in [-0.4, -0.2) is 129 Å². The van der Waals surface area contributed by atoms with Gasteiger partial charge in [-0.3, -0.25) is 27.0 Å². The van der Waals surface area contributed by atoms with E-state index >= 15 is 0 Å². The molecule has 8 heterocycles. The summed E-state index contributed by atoms with van der Waals surface area (Å²) in [5.74, 6) is 4.36. The predicted octanol–water partition coefficient (Wildman–Crippen LogP) is 1.14. The Morgan fingerprint density at radius 1 is 0.429 bits per heavy atom. The average molecular weight is 1260 g/mol. The topological polar surface area (TPSA) is 143 Å². The van der Waals surface area contributed by atoms with Gasteiger partial charge >= 0.3 is 8.88 Å². The molecule has 2 amide bonds. The second-order valence-electron chi connectivity index (χ2n) is 20.6. The van der Waals surface area contributed by atoms with Gasteiger partial charge in [-0.25, -0.2) is 30.0 Å². The van der Waals surface area contributed by atoms with Gasteiger partial charge in [-0.2, -0.15) is 0 Å². The minimum atomic E-state index is -4.66. The lowest BCUT2D eigenvalue weighted by molar-refractivity contribution is -0.131. The van der Waals surface area contributed by atoms with Crippen molar-refractivity contribution in [1.82, 2.24) is 27.2 Å². The molecule has 2 saturated heterocycles. The van der Waals surface area contributed by atoms with Crippen LogP contribution in [0.3, 0.4) is 0 Å². The van der Waals surface area contributed by atoms with Crippen LogP contribution in [0.25, 0.3) is 21.5 Å². The van der Waals surface area contributed by atoms with Crippen LogP contribution < -0.4 is 76.7 Å². The smallest absolute Gasteiger partial charge is 0.738 e. The number of piperazine rings is 2. The molecule has 0 N–H and O–H groups in total. The van der Waals surface area contributed by atoms with Crippen LogP contribution in [0.4, 0.5) is 23.0 Å². The molecule has 14 rings (SSSR count). The summed E-state index contributed by atoms with van der Waals surface area (Å²) < 4.78 is 21.5. The number of quaternary nitrogens is 2. The highest BCUT2D eigenvalue weighted by Gasteiger charge is 2.58. The predicted molar refractivity (Wildman–Crippen MR) is 295 cm³/mol. The number of nitrogens with zero attached hydrogens (tertiary/aromatic N) is 12. The monoisotopic (exact) mass is 1260 g/mol. The Kier molecular flexibility index (Phi) is 12.5. The van der Waals surface area contributed by atoms with E-state index in [2.05, 4.69) is 71.1 Å². The van der Waals surface area contributed by atoms with Crippen molar-refractivity contribution in [2.75, 3.05) is 66.5 Å². The van der Waals surface area contributed by atoms with Gasteiger partial charge in [0.25, 0.3) is 0 Å². The third-order valence-corrected chi connectivity index (χ3v) is 19.1. The molecule has 2 fully saturated rings. The number of aromatic nitrogens is 2. The minimum absolute atomic E-state index is 0. The van der Waals surface area contributed by atoms with Gasteiger partial charge in [0, 0.05) is 81.9 Å². The van der Waals surface area contributed by atoms with E-state index < -0.39 is 8.88 Å². The summed E-state index contributed by atoms with van der Waals surface area (Å²) in [6.07, 6.45) is 0. The quantitative estimate of drug-likeness (QED) is 0.140. The molecule has 6 bridgehead atoms. The van der Waals surface area contributed by atoms with Gasteiger partial charge in [-0.15, -0.1) is 0 Å². The number of hydrogen-bond donors (Lipinski definition) is 0. The summed E-state index contributed by atoms with van der Waals surface area (Å²) in [4.78, 5) is 61.6. The van der Waals surface area contributed by atoms with E-state index in [1.54, 1.807) is 13.8 Å². The first-order valence-electron chi connectivity index (χ1n) is 25.5. The van der Waals surface area contributed by atoms with Gasteiger partial charge in [0.2, 0.25) is 11.8 Å². The summed E-state index contributed by atoms with van der Waals surface area (Å²) >= 11 is 0. The Labute approximate surface area is 479 Å². The van der Waals surface area contributed by atoms with E-state index in [4.69, 9.17) is 38.8 Å². The van der Waals surface area contributed by atoms with E-state index in [0.29, 0.717) is 92.6 Å². The number of amidine groups is 4. The number of hydrogen-bond acceptors (Lipinski definition) is 10. The third-order valence-electron chi connectivity index (χ3n) is 16.1. The Hall–Kier alpha value is -7.18. The lowest BCUT2D eigenvalue weighted by atomic mass is 10.1. The highest BCUT2D eigenvalue weighted by atomic mass is 127. The second kappa shape index (κ2) is 19.1. The lowest BCUT2D eigenvalue weighted by Crippen LogP contribution is -3.00. The Morgan fingerprint density at radius 2 is 0.753 bits per heavy atom. The van der Waals surface area contributed by atoms with Gasteiger partial charge in [-0.05, 0) is 24.3 Å². The molecular formula is C58H52I2N12O4Si. The second-order valence-corrected chi connectivity index (χ2v) is 23.0. The zero-order chi connectivity index (χ0) is 50.8. The highest BCUT2D eigenvalue weighted by Crippen LogP contribution is 2.44. The number of benzene rings is 6. The number of rotatable bonds is 6. The number of carbonyl (C=O) groups is 2. The van der Waals surface area contributed by atoms with E-state index in [1.807, 2.05) is 107 Å². The number of likely N-dealkylation sites (N-methyl/N-ethyl adjacent to an activating group) is 2.